The number of pyridine rings is 1. The Bertz CT molecular complexity index is 730. The molecule has 0 fully saturated rings. The molecule has 1 aromatic heterocycles. The lowest BCUT2D eigenvalue weighted by molar-refractivity contribution is 0.103. The first-order chi connectivity index (χ1) is 10.2. The molecule has 0 aliphatic heterocycles. The largest absolute Gasteiger partial charge is 0.388 e. The second-order valence-corrected chi connectivity index (χ2v) is 5.81. The first kappa shape index (κ1) is 14.1. The summed E-state index contributed by atoms with van der Waals surface area (Å²) in [5.74, 6) is 0.292. The zero-order valence-corrected chi connectivity index (χ0v) is 12.3. The van der Waals surface area contributed by atoms with Crippen LogP contribution in [0, 0.1) is 5.92 Å². The lowest BCUT2D eigenvalue weighted by Crippen LogP contribution is -2.14. The minimum absolute atomic E-state index is 0.0179. The SMILES string of the molecule is CCc1cc2cc(C(O)C3CC=CCC3)ccc2[nH]c1=O. The van der Waals surface area contributed by atoms with Crippen LogP contribution in [0.3, 0.4) is 0 Å². The molecule has 0 bridgehead atoms. The van der Waals surface area contributed by atoms with Gasteiger partial charge < -0.3 is 10.1 Å². The van der Waals surface area contributed by atoms with Crippen LogP contribution in [-0.4, -0.2) is 10.1 Å². The van der Waals surface area contributed by atoms with Crippen LogP contribution in [0.15, 0.2) is 41.2 Å². The average molecular weight is 283 g/mol. The zero-order valence-electron chi connectivity index (χ0n) is 12.3. The summed E-state index contributed by atoms with van der Waals surface area (Å²) in [5.41, 5.74) is 2.54. The second-order valence-electron chi connectivity index (χ2n) is 5.81. The number of benzene rings is 1. The lowest BCUT2D eigenvalue weighted by atomic mass is 9.86. The van der Waals surface area contributed by atoms with E-state index in [1.54, 1.807) is 0 Å². The van der Waals surface area contributed by atoms with E-state index in [0.29, 0.717) is 12.3 Å². The van der Waals surface area contributed by atoms with Gasteiger partial charge in [0.25, 0.3) is 5.56 Å². The quantitative estimate of drug-likeness (QED) is 0.847. The summed E-state index contributed by atoms with van der Waals surface area (Å²) in [6.45, 7) is 1.98. The van der Waals surface area contributed by atoms with E-state index < -0.39 is 6.10 Å². The Morgan fingerprint density at radius 3 is 2.90 bits per heavy atom. The molecule has 2 unspecified atom stereocenters. The fourth-order valence-electron chi connectivity index (χ4n) is 3.09. The molecule has 1 aliphatic rings. The predicted octanol–water partition coefficient (Wildman–Crippen LogP) is 3.48. The zero-order chi connectivity index (χ0) is 14.8. The summed E-state index contributed by atoms with van der Waals surface area (Å²) in [6.07, 6.45) is 7.63. The molecule has 3 nitrogen and oxygen atoms in total. The van der Waals surface area contributed by atoms with Gasteiger partial charge in [0.1, 0.15) is 0 Å². The molecule has 1 aliphatic carbocycles. The predicted molar refractivity (Wildman–Crippen MR) is 85.4 cm³/mol. The van der Waals surface area contributed by atoms with Gasteiger partial charge in [-0.2, -0.15) is 0 Å². The summed E-state index contributed by atoms with van der Waals surface area (Å²) < 4.78 is 0. The van der Waals surface area contributed by atoms with Crippen LogP contribution in [0.4, 0.5) is 0 Å². The number of hydrogen-bond donors (Lipinski definition) is 2. The molecule has 21 heavy (non-hydrogen) atoms. The van der Waals surface area contributed by atoms with Crippen molar-refractivity contribution in [1.29, 1.82) is 0 Å². The van der Waals surface area contributed by atoms with Gasteiger partial charge >= 0.3 is 0 Å². The summed E-state index contributed by atoms with van der Waals surface area (Å²) in [7, 11) is 0. The molecule has 0 saturated heterocycles. The molecule has 0 amide bonds. The van der Waals surface area contributed by atoms with E-state index in [4.69, 9.17) is 0 Å². The third kappa shape index (κ3) is 2.79. The summed E-state index contributed by atoms with van der Waals surface area (Å²) in [6, 6.07) is 7.76. The molecule has 110 valence electrons. The van der Waals surface area contributed by atoms with Crippen molar-refractivity contribution in [1.82, 2.24) is 4.98 Å². The van der Waals surface area contributed by atoms with Crippen LogP contribution >= 0.6 is 0 Å². The number of allylic oxidation sites excluding steroid dienone is 2. The van der Waals surface area contributed by atoms with Crippen LogP contribution in [0.5, 0.6) is 0 Å². The maximum Gasteiger partial charge on any atom is 0.251 e. The van der Waals surface area contributed by atoms with Crippen molar-refractivity contribution in [3.63, 3.8) is 0 Å². The number of aryl methyl sites for hydroxylation is 1. The van der Waals surface area contributed by atoms with Crippen LogP contribution in [0.2, 0.25) is 0 Å². The topological polar surface area (TPSA) is 53.1 Å². The van der Waals surface area contributed by atoms with E-state index in [0.717, 1.165) is 41.3 Å². The lowest BCUT2D eigenvalue weighted by Gasteiger charge is -2.24. The van der Waals surface area contributed by atoms with Crippen molar-refractivity contribution in [2.75, 3.05) is 0 Å². The Balaban J connectivity index is 1.98. The van der Waals surface area contributed by atoms with Crippen LogP contribution in [0.1, 0.15) is 43.4 Å². The Morgan fingerprint density at radius 1 is 1.33 bits per heavy atom. The number of aliphatic hydroxyl groups is 1. The fraction of sp³-hybridized carbons (Fsp3) is 0.389. The smallest absolute Gasteiger partial charge is 0.251 e. The number of hydrogen-bond acceptors (Lipinski definition) is 2. The number of aliphatic hydroxyl groups excluding tert-OH is 1. The fourth-order valence-corrected chi connectivity index (χ4v) is 3.09. The van der Waals surface area contributed by atoms with Gasteiger partial charge in [-0.05, 0) is 60.7 Å². The molecular formula is C18H21NO2. The highest BCUT2D eigenvalue weighted by Crippen LogP contribution is 2.32. The Kier molecular flexibility index (Phi) is 3.93. The van der Waals surface area contributed by atoms with Crippen molar-refractivity contribution in [2.45, 2.75) is 38.7 Å². The standard InChI is InChI=1S/C18H21NO2/c1-2-12-10-15-11-14(8-9-16(15)19-18(12)21)17(20)13-6-4-3-5-7-13/h3-4,8-11,13,17,20H,2,5-7H2,1H3,(H,19,21). The van der Waals surface area contributed by atoms with Crippen molar-refractivity contribution in [3.8, 4) is 0 Å². The molecule has 3 rings (SSSR count). The van der Waals surface area contributed by atoms with Gasteiger partial charge in [0, 0.05) is 11.1 Å². The Morgan fingerprint density at radius 2 is 2.19 bits per heavy atom. The Labute approximate surface area is 124 Å². The molecule has 2 N–H and O–H groups in total. The van der Waals surface area contributed by atoms with Crippen molar-refractivity contribution in [3.05, 3.63) is 57.9 Å². The molecule has 0 spiro atoms. The monoisotopic (exact) mass is 283 g/mol. The van der Waals surface area contributed by atoms with Gasteiger partial charge in [-0.1, -0.05) is 25.1 Å². The molecular weight excluding hydrogens is 262 g/mol. The van der Waals surface area contributed by atoms with Crippen molar-refractivity contribution in [2.24, 2.45) is 5.92 Å². The maximum atomic E-state index is 11.8. The normalized spacial score (nSPS) is 19.8. The molecule has 0 radical (unpaired) electrons. The van der Waals surface area contributed by atoms with Crippen LogP contribution in [0.25, 0.3) is 10.9 Å². The van der Waals surface area contributed by atoms with Gasteiger partial charge in [-0.15, -0.1) is 0 Å². The van der Waals surface area contributed by atoms with Gasteiger partial charge in [0.15, 0.2) is 0 Å². The van der Waals surface area contributed by atoms with E-state index in [9.17, 15) is 9.90 Å². The average Bonchev–Trinajstić information content (AvgIpc) is 2.54. The van der Waals surface area contributed by atoms with E-state index in [-0.39, 0.29) is 5.56 Å². The highest BCUT2D eigenvalue weighted by molar-refractivity contribution is 5.79. The van der Waals surface area contributed by atoms with Gasteiger partial charge in [0.2, 0.25) is 0 Å². The van der Waals surface area contributed by atoms with Gasteiger partial charge in [0.05, 0.1) is 6.10 Å². The number of rotatable bonds is 3. The summed E-state index contributed by atoms with van der Waals surface area (Å²) in [4.78, 5) is 14.7. The number of H-pyrrole nitrogens is 1. The van der Waals surface area contributed by atoms with Crippen molar-refractivity contribution < 1.29 is 5.11 Å². The highest BCUT2D eigenvalue weighted by Gasteiger charge is 2.21. The number of aromatic nitrogens is 1. The number of aromatic amines is 1. The minimum atomic E-state index is -0.434. The van der Waals surface area contributed by atoms with Gasteiger partial charge in [-0.3, -0.25) is 4.79 Å². The molecule has 1 heterocycles. The third-order valence-electron chi connectivity index (χ3n) is 4.42. The maximum absolute atomic E-state index is 11.8. The second kappa shape index (κ2) is 5.86. The molecule has 2 aromatic rings. The van der Waals surface area contributed by atoms with Gasteiger partial charge in [-0.25, -0.2) is 0 Å². The van der Waals surface area contributed by atoms with Crippen molar-refractivity contribution >= 4 is 10.9 Å². The van der Waals surface area contributed by atoms with Crippen LogP contribution < -0.4 is 5.56 Å². The highest BCUT2D eigenvalue weighted by atomic mass is 16.3. The summed E-state index contributed by atoms with van der Waals surface area (Å²) >= 11 is 0. The van der Waals surface area contributed by atoms with E-state index >= 15 is 0 Å². The molecule has 3 heteroatoms. The summed E-state index contributed by atoms with van der Waals surface area (Å²) in [5, 5.41) is 11.6. The first-order valence-electron chi connectivity index (χ1n) is 7.68. The molecule has 2 atom stereocenters. The Hall–Kier alpha value is -1.87. The van der Waals surface area contributed by atoms with E-state index in [2.05, 4.69) is 17.1 Å². The number of nitrogens with one attached hydrogen (secondary N) is 1. The van der Waals surface area contributed by atoms with E-state index in [1.807, 2.05) is 31.2 Å². The molecule has 1 aromatic carbocycles. The van der Waals surface area contributed by atoms with Crippen LogP contribution in [-0.2, 0) is 6.42 Å². The number of fused-ring (bicyclic) bond motifs is 1. The molecule has 0 saturated carbocycles. The third-order valence-corrected chi connectivity index (χ3v) is 4.42. The van der Waals surface area contributed by atoms with E-state index in [1.165, 1.54) is 0 Å². The minimum Gasteiger partial charge on any atom is -0.388 e. The first-order valence-corrected chi connectivity index (χ1v) is 7.68.